The second-order valence-corrected chi connectivity index (χ2v) is 7.37. The molecule has 0 radical (unpaired) electrons. The van der Waals surface area contributed by atoms with Gasteiger partial charge in [0.05, 0.1) is 0 Å². The van der Waals surface area contributed by atoms with Gasteiger partial charge in [0, 0.05) is 24.4 Å². The highest BCUT2D eigenvalue weighted by Gasteiger charge is 2.28. The van der Waals surface area contributed by atoms with Crippen LogP contribution in [0.1, 0.15) is 29.0 Å². The summed E-state index contributed by atoms with van der Waals surface area (Å²) < 4.78 is 16.2. The van der Waals surface area contributed by atoms with E-state index in [-0.39, 0.29) is 12.7 Å². The number of carbonyl (C=O) groups is 1. The molecule has 1 aliphatic carbocycles. The van der Waals surface area contributed by atoms with Crippen LogP contribution in [-0.2, 0) is 4.74 Å². The van der Waals surface area contributed by atoms with Crippen molar-refractivity contribution in [3.63, 3.8) is 0 Å². The fourth-order valence-corrected chi connectivity index (χ4v) is 4.02. The number of benzene rings is 3. The molecule has 154 valence electrons. The Morgan fingerprint density at radius 3 is 2.45 bits per heavy atom. The van der Waals surface area contributed by atoms with E-state index < -0.39 is 6.09 Å². The Bertz CT molecular complexity index is 1150. The van der Waals surface area contributed by atoms with Crippen LogP contribution in [0.15, 0.2) is 66.7 Å². The van der Waals surface area contributed by atoms with Gasteiger partial charge >= 0.3 is 6.09 Å². The maximum absolute atomic E-state index is 12.2. The molecule has 1 amide bonds. The van der Waals surface area contributed by atoms with E-state index in [2.05, 4.69) is 41.4 Å². The highest BCUT2D eigenvalue weighted by molar-refractivity contribution is 5.79. The first-order valence-corrected chi connectivity index (χ1v) is 10.3. The Balaban J connectivity index is 1.12. The highest BCUT2D eigenvalue weighted by atomic mass is 16.7. The molecule has 5 heteroatoms. The van der Waals surface area contributed by atoms with E-state index in [0.717, 1.165) is 11.3 Å². The molecular weight excluding hydrogens is 390 g/mol. The average Bonchev–Trinajstić information content (AvgIpc) is 3.40. The van der Waals surface area contributed by atoms with Crippen LogP contribution in [0.25, 0.3) is 11.1 Å². The zero-order chi connectivity index (χ0) is 21.0. The number of alkyl carbamates (subject to hydrolysis) is 1. The zero-order valence-corrected chi connectivity index (χ0v) is 16.9. The molecule has 1 heterocycles. The fraction of sp³-hybridized carbons (Fsp3) is 0.192. The number of fused-ring (bicyclic) bond motifs is 4. The van der Waals surface area contributed by atoms with Gasteiger partial charge in [-0.05, 0) is 40.5 Å². The highest BCUT2D eigenvalue weighted by Crippen LogP contribution is 2.44. The lowest BCUT2D eigenvalue weighted by atomic mass is 9.98. The third kappa shape index (κ3) is 3.93. The van der Waals surface area contributed by atoms with E-state index in [1.165, 1.54) is 22.3 Å². The van der Waals surface area contributed by atoms with Crippen molar-refractivity contribution in [2.45, 2.75) is 12.3 Å². The van der Waals surface area contributed by atoms with Crippen LogP contribution in [0.3, 0.4) is 0 Å². The zero-order valence-electron chi connectivity index (χ0n) is 16.9. The summed E-state index contributed by atoms with van der Waals surface area (Å²) in [6.45, 7) is 0.979. The summed E-state index contributed by atoms with van der Waals surface area (Å²) >= 11 is 0. The van der Waals surface area contributed by atoms with E-state index in [9.17, 15) is 4.79 Å². The minimum atomic E-state index is -0.424. The van der Waals surface area contributed by atoms with Crippen molar-refractivity contribution in [2.75, 3.05) is 19.9 Å². The molecule has 31 heavy (non-hydrogen) atoms. The minimum Gasteiger partial charge on any atom is -0.454 e. The quantitative estimate of drug-likeness (QED) is 0.500. The summed E-state index contributed by atoms with van der Waals surface area (Å²) in [6.07, 6.45) is 0.102. The summed E-state index contributed by atoms with van der Waals surface area (Å²) in [5.41, 5.74) is 5.68. The Morgan fingerprint density at radius 1 is 0.968 bits per heavy atom. The van der Waals surface area contributed by atoms with Gasteiger partial charge in [-0.3, -0.25) is 0 Å². The molecular formula is C26H21NO4. The van der Waals surface area contributed by atoms with Crippen molar-refractivity contribution < 1.29 is 19.0 Å². The van der Waals surface area contributed by atoms with Gasteiger partial charge in [-0.15, -0.1) is 0 Å². The third-order valence-electron chi connectivity index (χ3n) is 5.47. The molecule has 1 aliphatic heterocycles. The minimum absolute atomic E-state index is 0.0592. The van der Waals surface area contributed by atoms with Crippen LogP contribution in [0.4, 0.5) is 4.79 Å². The van der Waals surface area contributed by atoms with E-state index in [1.54, 1.807) is 0 Å². The first kappa shape index (κ1) is 19.1. The second-order valence-electron chi connectivity index (χ2n) is 7.37. The van der Waals surface area contributed by atoms with Crippen molar-refractivity contribution in [1.29, 1.82) is 0 Å². The topological polar surface area (TPSA) is 56.8 Å². The Kier molecular flexibility index (Phi) is 5.20. The molecule has 0 saturated heterocycles. The Hall–Kier alpha value is -3.91. The van der Waals surface area contributed by atoms with Gasteiger partial charge in [-0.2, -0.15) is 0 Å². The van der Waals surface area contributed by atoms with Gasteiger partial charge in [-0.25, -0.2) is 4.79 Å². The van der Waals surface area contributed by atoms with Gasteiger partial charge in [0.2, 0.25) is 6.79 Å². The third-order valence-corrected chi connectivity index (χ3v) is 5.47. The number of nitrogens with one attached hydrogen (secondary N) is 1. The van der Waals surface area contributed by atoms with E-state index in [1.807, 2.05) is 42.5 Å². The van der Waals surface area contributed by atoms with E-state index >= 15 is 0 Å². The molecule has 0 aromatic heterocycles. The summed E-state index contributed by atoms with van der Waals surface area (Å²) in [7, 11) is 0. The molecule has 0 bridgehead atoms. The molecule has 1 N–H and O–H groups in total. The van der Waals surface area contributed by atoms with Gasteiger partial charge in [-0.1, -0.05) is 60.4 Å². The van der Waals surface area contributed by atoms with Crippen molar-refractivity contribution in [3.8, 4) is 34.5 Å². The number of hydrogen-bond donors (Lipinski definition) is 1. The van der Waals surface area contributed by atoms with E-state index in [4.69, 9.17) is 14.2 Å². The number of hydrogen-bond acceptors (Lipinski definition) is 4. The van der Waals surface area contributed by atoms with E-state index in [0.29, 0.717) is 25.3 Å². The van der Waals surface area contributed by atoms with Crippen molar-refractivity contribution in [2.24, 2.45) is 0 Å². The average molecular weight is 411 g/mol. The monoisotopic (exact) mass is 411 g/mol. The first-order valence-electron chi connectivity index (χ1n) is 10.3. The molecule has 3 aromatic rings. The molecule has 0 fully saturated rings. The largest absolute Gasteiger partial charge is 0.454 e. The summed E-state index contributed by atoms with van der Waals surface area (Å²) in [4.78, 5) is 12.2. The van der Waals surface area contributed by atoms with Crippen LogP contribution >= 0.6 is 0 Å². The molecule has 2 aliphatic rings. The lowest BCUT2D eigenvalue weighted by molar-refractivity contribution is 0.143. The summed E-state index contributed by atoms with van der Waals surface area (Å²) in [5, 5.41) is 2.77. The SMILES string of the molecule is O=C(NCCC#Cc1ccc2c(c1)OCO2)OCC1c2ccccc2-c2ccccc21. The predicted molar refractivity (Wildman–Crippen MR) is 117 cm³/mol. The molecule has 3 aromatic carbocycles. The van der Waals surface area contributed by atoms with Crippen molar-refractivity contribution >= 4 is 6.09 Å². The van der Waals surface area contributed by atoms with Crippen LogP contribution in [0.5, 0.6) is 11.5 Å². The number of ether oxygens (including phenoxy) is 3. The van der Waals surface area contributed by atoms with Gasteiger partial charge in [0.15, 0.2) is 11.5 Å². The smallest absolute Gasteiger partial charge is 0.407 e. The fourth-order valence-electron chi connectivity index (χ4n) is 4.02. The second kappa shape index (κ2) is 8.45. The summed E-state index contributed by atoms with van der Waals surface area (Å²) in [5.74, 6) is 7.63. The molecule has 0 saturated carbocycles. The van der Waals surface area contributed by atoms with Gasteiger partial charge in [0.25, 0.3) is 0 Å². The molecule has 0 atom stereocenters. The maximum atomic E-state index is 12.2. The first-order chi connectivity index (χ1) is 15.3. The van der Waals surface area contributed by atoms with Gasteiger partial charge < -0.3 is 19.5 Å². The molecule has 0 spiro atoms. The number of amides is 1. The molecule has 5 nitrogen and oxygen atoms in total. The molecule has 0 unspecified atom stereocenters. The van der Waals surface area contributed by atoms with Crippen LogP contribution in [-0.4, -0.2) is 26.0 Å². The van der Waals surface area contributed by atoms with Crippen LogP contribution in [0.2, 0.25) is 0 Å². The maximum Gasteiger partial charge on any atom is 0.407 e. The van der Waals surface area contributed by atoms with Crippen molar-refractivity contribution in [1.82, 2.24) is 5.32 Å². The number of carbonyl (C=O) groups excluding carboxylic acids is 1. The Morgan fingerprint density at radius 2 is 1.68 bits per heavy atom. The number of rotatable bonds is 4. The standard InChI is InChI=1S/C26H21NO4/c28-26(27-14-6-5-7-18-12-13-24-25(15-18)31-17-30-24)29-16-23-21-10-3-1-8-19(21)20-9-2-4-11-22(20)23/h1-4,8-13,15,23H,6,14,16-17H2,(H,27,28). The molecule has 5 rings (SSSR count). The predicted octanol–water partition coefficient (Wildman–Crippen LogP) is 4.70. The summed E-state index contributed by atoms with van der Waals surface area (Å²) in [6, 6.07) is 22.2. The van der Waals surface area contributed by atoms with Crippen LogP contribution < -0.4 is 14.8 Å². The lowest BCUT2D eigenvalue weighted by Crippen LogP contribution is -2.26. The Labute approximate surface area is 181 Å². The lowest BCUT2D eigenvalue weighted by Gasteiger charge is -2.14. The van der Waals surface area contributed by atoms with Crippen molar-refractivity contribution in [3.05, 3.63) is 83.4 Å². The normalized spacial score (nSPS) is 13.0. The van der Waals surface area contributed by atoms with Crippen LogP contribution in [0, 0.1) is 11.8 Å². The van der Waals surface area contributed by atoms with Gasteiger partial charge in [0.1, 0.15) is 6.61 Å².